The minimum atomic E-state index is -0.616. The van der Waals surface area contributed by atoms with Gasteiger partial charge in [-0.15, -0.1) is 0 Å². The maximum Gasteiger partial charge on any atom is 0.408 e. The lowest BCUT2D eigenvalue weighted by atomic mass is 10.1. The molecule has 0 aliphatic carbocycles. The summed E-state index contributed by atoms with van der Waals surface area (Å²) in [7, 11) is 1.36. The van der Waals surface area contributed by atoms with E-state index in [1.807, 2.05) is 0 Å². The van der Waals surface area contributed by atoms with Crippen LogP contribution in [0.3, 0.4) is 0 Å². The summed E-state index contributed by atoms with van der Waals surface area (Å²) in [5.74, 6) is -0.437. The van der Waals surface area contributed by atoms with Crippen LogP contribution in [-0.4, -0.2) is 25.3 Å². The van der Waals surface area contributed by atoms with Crippen molar-refractivity contribution in [3.05, 3.63) is 29.6 Å². The van der Waals surface area contributed by atoms with Crippen LogP contribution >= 0.6 is 0 Å². The van der Waals surface area contributed by atoms with Gasteiger partial charge in [-0.2, -0.15) is 0 Å². The van der Waals surface area contributed by atoms with E-state index in [1.165, 1.54) is 19.2 Å². The average molecular weight is 284 g/mol. The van der Waals surface area contributed by atoms with Crippen molar-refractivity contribution in [2.45, 2.75) is 32.4 Å². The van der Waals surface area contributed by atoms with Crippen LogP contribution in [0.2, 0.25) is 0 Å². The van der Waals surface area contributed by atoms with E-state index in [0.717, 1.165) is 0 Å². The number of ether oxygens (including phenoxy) is 2. The Morgan fingerprint density at radius 2 is 2.10 bits per heavy atom. The number of carbonyl (C=O) groups is 1. The second kappa shape index (κ2) is 6.56. The molecule has 1 rings (SSSR count). The van der Waals surface area contributed by atoms with E-state index in [0.29, 0.717) is 5.56 Å². The van der Waals surface area contributed by atoms with Gasteiger partial charge in [0, 0.05) is 12.1 Å². The largest absolute Gasteiger partial charge is 0.493 e. The molecule has 1 atom stereocenters. The zero-order valence-corrected chi connectivity index (χ0v) is 12.2. The summed E-state index contributed by atoms with van der Waals surface area (Å²) >= 11 is 0. The number of nitrogens with two attached hydrogens (primary N) is 1. The quantitative estimate of drug-likeness (QED) is 0.890. The number of alkyl carbamates (subject to hydrolysis) is 1. The molecule has 20 heavy (non-hydrogen) atoms. The third-order valence-corrected chi connectivity index (χ3v) is 2.50. The van der Waals surface area contributed by atoms with Crippen LogP contribution in [0.1, 0.15) is 32.4 Å². The SMILES string of the molecule is COc1c(F)cccc1C(CN)NC(=O)OC(C)(C)C. The van der Waals surface area contributed by atoms with E-state index < -0.39 is 23.6 Å². The van der Waals surface area contributed by atoms with E-state index in [4.69, 9.17) is 15.2 Å². The zero-order chi connectivity index (χ0) is 15.3. The molecular weight excluding hydrogens is 263 g/mol. The maximum absolute atomic E-state index is 13.6. The highest BCUT2D eigenvalue weighted by Gasteiger charge is 2.22. The van der Waals surface area contributed by atoms with Crippen LogP contribution in [0.4, 0.5) is 9.18 Å². The van der Waals surface area contributed by atoms with Gasteiger partial charge in [0.2, 0.25) is 0 Å². The summed E-state index contributed by atoms with van der Waals surface area (Å²) in [6, 6.07) is 3.88. The smallest absolute Gasteiger partial charge is 0.408 e. The first-order valence-corrected chi connectivity index (χ1v) is 6.30. The molecule has 0 radical (unpaired) electrons. The molecule has 5 nitrogen and oxygen atoms in total. The van der Waals surface area contributed by atoms with Crippen molar-refractivity contribution in [3.63, 3.8) is 0 Å². The van der Waals surface area contributed by atoms with Crippen molar-refractivity contribution in [2.24, 2.45) is 5.73 Å². The third kappa shape index (κ3) is 4.38. The molecular formula is C14H21FN2O3. The number of methoxy groups -OCH3 is 1. The second-order valence-corrected chi connectivity index (χ2v) is 5.30. The van der Waals surface area contributed by atoms with Crippen molar-refractivity contribution in [1.29, 1.82) is 0 Å². The van der Waals surface area contributed by atoms with Crippen LogP contribution in [0.15, 0.2) is 18.2 Å². The second-order valence-electron chi connectivity index (χ2n) is 5.30. The van der Waals surface area contributed by atoms with Gasteiger partial charge < -0.3 is 20.5 Å². The molecule has 3 N–H and O–H groups in total. The Hall–Kier alpha value is -1.82. The van der Waals surface area contributed by atoms with E-state index in [-0.39, 0.29) is 12.3 Å². The summed E-state index contributed by atoms with van der Waals surface area (Å²) in [5, 5.41) is 2.61. The Morgan fingerprint density at radius 3 is 2.60 bits per heavy atom. The molecule has 0 spiro atoms. The predicted molar refractivity (Wildman–Crippen MR) is 74.1 cm³/mol. The van der Waals surface area contributed by atoms with Gasteiger partial charge >= 0.3 is 6.09 Å². The lowest BCUT2D eigenvalue weighted by Gasteiger charge is -2.24. The Labute approximate surface area is 118 Å². The van der Waals surface area contributed by atoms with Crippen LogP contribution in [0.25, 0.3) is 0 Å². The molecule has 0 heterocycles. The van der Waals surface area contributed by atoms with E-state index in [2.05, 4.69) is 5.32 Å². The molecule has 0 aliphatic heterocycles. The first-order valence-electron chi connectivity index (χ1n) is 6.30. The highest BCUT2D eigenvalue weighted by molar-refractivity contribution is 5.68. The Kier molecular flexibility index (Phi) is 5.33. The van der Waals surface area contributed by atoms with Gasteiger partial charge in [-0.05, 0) is 26.8 Å². The number of rotatable bonds is 4. The lowest BCUT2D eigenvalue weighted by molar-refractivity contribution is 0.0504. The fourth-order valence-electron chi connectivity index (χ4n) is 1.73. The van der Waals surface area contributed by atoms with Crippen molar-refractivity contribution in [3.8, 4) is 5.75 Å². The number of benzene rings is 1. The highest BCUT2D eigenvalue weighted by atomic mass is 19.1. The first kappa shape index (κ1) is 16.2. The Morgan fingerprint density at radius 1 is 1.45 bits per heavy atom. The van der Waals surface area contributed by atoms with Gasteiger partial charge in [0.1, 0.15) is 5.60 Å². The van der Waals surface area contributed by atoms with E-state index in [9.17, 15) is 9.18 Å². The molecule has 1 aromatic rings. The lowest BCUT2D eigenvalue weighted by Crippen LogP contribution is -2.38. The van der Waals surface area contributed by atoms with Crippen molar-refractivity contribution in [1.82, 2.24) is 5.32 Å². The molecule has 0 aliphatic rings. The molecule has 0 aromatic heterocycles. The molecule has 6 heteroatoms. The van der Waals surface area contributed by atoms with Crippen LogP contribution in [0, 0.1) is 5.82 Å². The van der Waals surface area contributed by atoms with Gasteiger partial charge in [0.05, 0.1) is 13.2 Å². The maximum atomic E-state index is 13.6. The third-order valence-electron chi connectivity index (χ3n) is 2.50. The van der Waals surface area contributed by atoms with Crippen LogP contribution < -0.4 is 15.8 Å². The number of nitrogens with one attached hydrogen (secondary N) is 1. The average Bonchev–Trinajstić information content (AvgIpc) is 2.33. The summed E-state index contributed by atoms with van der Waals surface area (Å²) in [6.45, 7) is 5.37. The molecule has 0 bridgehead atoms. The Bertz CT molecular complexity index is 472. The van der Waals surface area contributed by atoms with Gasteiger partial charge in [-0.25, -0.2) is 9.18 Å². The number of carbonyl (C=O) groups excluding carboxylic acids is 1. The van der Waals surface area contributed by atoms with Crippen LogP contribution in [0.5, 0.6) is 5.75 Å². The minimum absolute atomic E-state index is 0.0685. The molecule has 112 valence electrons. The number of hydrogen-bond donors (Lipinski definition) is 2. The normalized spacial score (nSPS) is 12.7. The zero-order valence-electron chi connectivity index (χ0n) is 12.2. The molecule has 1 aromatic carbocycles. The van der Waals surface area contributed by atoms with Gasteiger partial charge in [-0.3, -0.25) is 0 Å². The number of halogens is 1. The standard InChI is InChI=1S/C14H21FN2O3/c1-14(2,3)20-13(18)17-11(8-16)9-6-5-7-10(15)12(9)19-4/h5-7,11H,8,16H2,1-4H3,(H,17,18). The summed E-state index contributed by atoms with van der Waals surface area (Å²) < 4.78 is 23.8. The molecule has 1 amide bonds. The first-order chi connectivity index (χ1) is 9.28. The Balaban J connectivity index is 2.92. The van der Waals surface area contributed by atoms with E-state index in [1.54, 1.807) is 26.8 Å². The van der Waals surface area contributed by atoms with Gasteiger partial charge in [0.15, 0.2) is 11.6 Å². The fourth-order valence-corrected chi connectivity index (χ4v) is 1.73. The summed E-state index contributed by atoms with van der Waals surface area (Å²) in [6.07, 6.45) is -0.612. The monoisotopic (exact) mass is 284 g/mol. The van der Waals surface area contributed by atoms with Crippen molar-refractivity contribution < 1.29 is 18.7 Å². The molecule has 0 fully saturated rings. The number of hydrogen-bond acceptors (Lipinski definition) is 4. The van der Waals surface area contributed by atoms with Crippen molar-refractivity contribution in [2.75, 3.05) is 13.7 Å². The molecule has 1 unspecified atom stereocenters. The number of para-hydroxylation sites is 1. The van der Waals surface area contributed by atoms with Crippen molar-refractivity contribution >= 4 is 6.09 Å². The predicted octanol–water partition coefficient (Wildman–Crippen LogP) is 2.36. The minimum Gasteiger partial charge on any atom is -0.493 e. The summed E-state index contributed by atoms with van der Waals surface area (Å²) in [4.78, 5) is 11.8. The van der Waals surface area contributed by atoms with E-state index >= 15 is 0 Å². The number of amides is 1. The molecule has 0 saturated heterocycles. The summed E-state index contributed by atoms with van der Waals surface area (Å²) in [5.41, 5.74) is 5.50. The topological polar surface area (TPSA) is 73.6 Å². The highest BCUT2D eigenvalue weighted by Crippen LogP contribution is 2.27. The fraction of sp³-hybridized carbons (Fsp3) is 0.500. The van der Waals surface area contributed by atoms with Crippen LogP contribution in [-0.2, 0) is 4.74 Å². The van der Waals surface area contributed by atoms with Gasteiger partial charge in [-0.1, -0.05) is 12.1 Å². The molecule has 0 saturated carbocycles. The van der Waals surface area contributed by atoms with Gasteiger partial charge in [0.25, 0.3) is 0 Å².